The topological polar surface area (TPSA) is 0 Å². The molecular formula is C30H45ISi. The van der Waals surface area contributed by atoms with Crippen molar-refractivity contribution in [2.45, 2.75) is 90.3 Å². The number of rotatable bonds is 10. The highest BCUT2D eigenvalue weighted by atomic mass is 127. The lowest BCUT2D eigenvalue weighted by atomic mass is 10.1. The monoisotopic (exact) mass is 560 g/mol. The van der Waals surface area contributed by atoms with E-state index < -0.39 is 8.07 Å². The van der Waals surface area contributed by atoms with E-state index in [9.17, 15) is 0 Å². The van der Waals surface area contributed by atoms with Crippen molar-refractivity contribution in [3.8, 4) is 0 Å². The third-order valence-electron chi connectivity index (χ3n) is 5.81. The quantitative estimate of drug-likeness (QED) is 0.154. The largest absolute Gasteiger partial charge is 0.0984 e. The minimum absolute atomic E-state index is 0.737. The van der Waals surface area contributed by atoms with E-state index in [2.05, 4.69) is 109 Å². The van der Waals surface area contributed by atoms with Crippen molar-refractivity contribution in [3.05, 3.63) is 87.6 Å². The average molecular weight is 561 g/mol. The van der Waals surface area contributed by atoms with Gasteiger partial charge in [0.15, 0.2) is 0 Å². The summed E-state index contributed by atoms with van der Waals surface area (Å²) in [6.45, 7) is 7.03. The molecule has 2 aromatic rings. The van der Waals surface area contributed by atoms with Crippen molar-refractivity contribution in [2.24, 2.45) is 0 Å². The molecule has 1 fully saturated rings. The van der Waals surface area contributed by atoms with Gasteiger partial charge in [0, 0.05) is 3.57 Å². The molecule has 0 unspecified atom stereocenters. The van der Waals surface area contributed by atoms with Crippen molar-refractivity contribution >= 4 is 36.7 Å². The van der Waals surface area contributed by atoms with Gasteiger partial charge in [0.2, 0.25) is 0 Å². The lowest BCUT2D eigenvalue weighted by molar-refractivity contribution is 0.729. The first-order valence-corrected chi connectivity index (χ1v) is 16.8. The molecule has 1 aliphatic rings. The van der Waals surface area contributed by atoms with Gasteiger partial charge in [-0.05, 0) is 66.0 Å². The Morgan fingerprint density at radius 3 is 1.72 bits per heavy atom. The SMILES string of the molecule is CCCCC/C=C/[Si]1(C)CCC1.CCCCC/C=C/c1ccccc1.Ic1ccccc1. The maximum absolute atomic E-state index is 2.59. The van der Waals surface area contributed by atoms with Crippen LogP contribution in [-0.2, 0) is 0 Å². The third kappa shape index (κ3) is 15.6. The van der Waals surface area contributed by atoms with Crippen molar-refractivity contribution in [3.63, 3.8) is 0 Å². The summed E-state index contributed by atoms with van der Waals surface area (Å²) in [5, 5.41) is 0. The zero-order valence-electron chi connectivity index (χ0n) is 20.7. The number of hydrogen-bond donors (Lipinski definition) is 0. The van der Waals surface area contributed by atoms with E-state index in [1.54, 1.807) is 12.1 Å². The van der Waals surface area contributed by atoms with Gasteiger partial charge >= 0.3 is 0 Å². The first kappa shape index (κ1) is 28.9. The maximum Gasteiger partial charge on any atom is 0.0743 e. The highest BCUT2D eigenvalue weighted by molar-refractivity contribution is 14.1. The fraction of sp³-hybridized carbons (Fsp3) is 0.467. The Balaban J connectivity index is 0.000000250. The zero-order valence-corrected chi connectivity index (χ0v) is 23.9. The molecule has 0 N–H and O–H groups in total. The molecule has 0 aliphatic carbocycles. The van der Waals surface area contributed by atoms with Crippen molar-refractivity contribution in [1.82, 2.24) is 0 Å². The first-order chi connectivity index (χ1) is 15.6. The predicted octanol–water partition coefficient (Wildman–Crippen LogP) is 10.7. The molecule has 0 bridgehead atoms. The van der Waals surface area contributed by atoms with Crippen LogP contribution in [0.5, 0.6) is 0 Å². The highest BCUT2D eigenvalue weighted by Crippen LogP contribution is 2.33. The second-order valence-electron chi connectivity index (χ2n) is 9.01. The summed E-state index contributed by atoms with van der Waals surface area (Å²) in [6, 6.07) is 23.8. The summed E-state index contributed by atoms with van der Waals surface area (Å²) in [5.74, 6) is 0. The molecule has 1 aliphatic heterocycles. The van der Waals surface area contributed by atoms with Crippen LogP contribution in [0.25, 0.3) is 6.08 Å². The molecule has 0 spiro atoms. The molecule has 2 heteroatoms. The van der Waals surface area contributed by atoms with Gasteiger partial charge in [-0.25, -0.2) is 0 Å². The molecule has 176 valence electrons. The van der Waals surface area contributed by atoms with Gasteiger partial charge in [0.05, 0.1) is 8.07 Å². The number of halogens is 1. The van der Waals surface area contributed by atoms with E-state index in [-0.39, 0.29) is 0 Å². The molecular weight excluding hydrogens is 515 g/mol. The third-order valence-corrected chi connectivity index (χ3v) is 10.6. The van der Waals surface area contributed by atoms with Crippen molar-refractivity contribution < 1.29 is 0 Å². The molecule has 3 rings (SSSR count). The molecule has 32 heavy (non-hydrogen) atoms. The van der Waals surface area contributed by atoms with E-state index in [1.807, 2.05) is 18.2 Å². The average Bonchev–Trinajstić information content (AvgIpc) is 2.80. The van der Waals surface area contributed by atoms with Crippen molar-refractivity contribution in [1.29, 1.82) is 0 Å². The summed E-state index contributed by atoms with van der Waals surface area (Å²) < 4.78 is 1.29. The normalized spacial score (nSPS) is 14.2. The number of unbranched alkanes of at least 4 members (excludes halogenated alkanes) is 6. The molecule has 0 aromatic heterocycles. The lowest BCUT2D eigenvalue weighted by Crippen LogP contribution is -2.35. The molecule has 2 aromatic carbocycles. The Morgan fingerprint density at radius 2 is 1.28 bits per heavy atom. The Bertz CT molecular complexity index is 717. The standard InChI is InChI=1S/C13H18.C11H22Si.C6H5I/c1-2-3-4-5-7-10-13-11-8-6-9-12-13;1-3-4-5-6-7-9-12(2)10-8-11-12;7-6-4-2-1-3-5-6/h6-12H,2-5H2,1H3;7,9H,3-6,8,10-11H2,1-2H3;1-5H/b10-7+;9-7+;. The predicted molar refractivity (Wildman–Crippen MR) is 158 cm³/mol. The second-order valence-corrected chi connectivity index (χ2v) is 14.9. The van der Waals surface area contributed by atoms with E-state index in [0.29, 0.717) is 0 Å². The van der Waals surface area contributed by atoms with Gasteiger partial charge in [-0.1, -0.05) is 137 Å². The van der Waals surface area contributed by atoms with Gasteiger partial charge in [-0.3, -0.25) is 0 Å². The van der Waals surface area contributed by atoms with Crippen LogP contribution in [-0.4, -0.2) is 8.07 Å². The van der Waals surface area contributed by atoms with Gasteiger partial charge in [0.25, 0.3) is 0 Å². The summed E-state index contributed by atoms with van der Waals surface area (Å²) in [7, 11) is -0.737. The molecule has 0 saturated carbocycles. The van der Waals surface area contributed by atoms with Crippen LogP contribution in [0.1, 0.15) is 77.2 Å². The Kier molecular flexibility index (Phi) is 17.5. The van der Waals surface area contributed by atoms with Gasteiger partial charge in [-0.2, -0.15) is 0 Å². The smallest absolute Gasteiger partial charge is 0.0743 e. The van der Waals surface area contributed by atoms with Gasteiger partial charge in [0.1, 0.15) is 0 Å². The van der Waals surface area contributed by atoms with E-state index >= 15 is 0 Å². The van der Waals surface area contributed by atoms with Crippen LogP contribution in [0, 0.1) is 3.57 Å². The number of hydrogen-bond acceptors (Lipinski definition) is 0. The van der Waals surface area contributed by atoms with E-state index in [0.717, 1.165) is 0 Å². The summed E-state index contributed by atoms with van der Waals surface area (Å²) in [4.78, 5) is 0. The summed E-state index contributed by atoms with van der Waals surface area (Å²) in [5.41, 5.74) is 3.89. The van der Waals surface area contributed by atoms with E-state index in [4.69, 9.17) is 0 Å². The minimum atomic E-state index is -0.737. The maximum atomic E-state index is 2.59. The Hall–Kier alpha value is -1.13. The number of benzene rings is 2. The van der Waals surface area contributed by atoms with E-state index in [1.165, 1.54) is 66.9 Å². The molecule has 0 amide bonds. The second kappa shape index (κ2) is 19.3. The first-order valence-electron chi connectivity index (χ1n) is 12.7. The molecule has 0 radical (unpaired) electrons. The summed E-state index contributed by atoms with van der Waals surface area (Å²) in [6.07, 6.45) is 19.1. The highest BCUT2D eigenvalue weighted by Gasteiger charge is 2.30. The minimum Gasteiger partial charge on any atom is -0.0984 e. The lowest BCUT2D eigenvalue weighted by Gasteiger charge is -2.32. The Labute approximate surface area is 213 Å². The van der Waals surface area contributed by atoms with Crippen LogP contribution in [0.2, 0.25) is 18.6 Å². The van der Waals surface area contributed by atoms with Crippen LogP contribution in [0.15, 0.2) is 78.5 Å². The zero-order chi connectivity index (χ0) is 23.3. The fourth-order valence-corrected chi connectivity index (χ4v) is 6.44. The van der Waals surface area contributed by atoms with Crippen LogP contribution in [0.4, 0.5) is 0 Å². The Morgan fingerprint density at radius 1 is 0.750 bits per heavy atom. The van der Waals surface area contributed by atoms with Crippen molar-refractivity contribution in [2.75, 3.05) is 0 Å². The molecule has 1 heterocycles. The fourth-order valence-electron chi connectivity index (χ4n) is 3.49. The van der Waals surface area contributed by atoms with Crippen LogP contribution in [0.3, 0.4) is 0 Å². The molecule has 0 nitrogen and oxygen atoms in total. The number of allylic oxidation sites excluding steroid dienone is 2. The van der Waals surface area contributed by atoms with Crippen LogP contribution < -0.4 is 0 Å². The summed E-state index contributed by atoms with van der Waals surface area (Å²) >= 11 is 2.28. The van der Waals surface area contributed by atoms with Gasteiger partial charge in [-0.15, -0.1) is 0 Å². The molecule has 0 atom stereocenters. The van der Waals surface area contributed by atoms with Gasteiger partial charge < -0.3 is 0 Å². The molecule has 1 saturated heterocycles. The van der Waals surface area contributed by atoms with Crippen LogP contribution >= 0.6 is 22.6 Å².